The van der Waals surface area contributed by atoms with Gasteiger partial charge in [0.15, 0.2) is 0 Å². The molecule has 0 saturated heterocycles. The lowest BCUT2D eigenvalue weighted by molar-refractivity contribution is -0.119. The Morgan fingerprint density at radius 3 is 2.44 bits per heavy atom. The summed E-state index contributed by atoms with van der Waals surface area (Å²) in [5, 5.41) is 3.97. The highest BCUT2D eigenvalue weighted by molar-refractivity contribution is 9.10. The molecule has 3 aromatic rings. The number of carbonyl (C=O) groups is 1. The molecule has 0 fully saturated rings. The van der Waals surface area contributed by atoms with E-state index in [1.54, 1.807) is 54.6 Å². The van der Waals surface area contributed by atoms with Crippen molar-refractivity contribution < 1.29 is 22.7 Å². The molecule has 3 rings (SSSR count). The quantitative estimate of drug-likeness (QED) is 0.322. The molecule has 0 bridgehead atoms. The zero-order chi connectivity index (χ0) is 24.7. The maximum atomic E-state index is 13.4. The van der Waals surface area contributed by atoms with Gasteiger partial charge in [-0.1, -0.05) is 39.7 Å². The Balaban J connectivity index is 1.85. The Labute approximate surface area is 207 Å². The summed E-state index contributed by atoms with van der Waals surface area (Å²) in [6.07, 6.45) is 1.40. The lowest BCUT2D eigenvalue weighted by Gasteiger charge is -2.24. The van der Waals surface area contributed by atoms with Gasteiger partial charge in [-0.15, -0.1) is 0 Å². The molecule has 0 aliphatic heterocycles. The van der Waals surface area contributed by atoms with E-state index in [2.05, 4.69) is 26.5 Å². The van der Waals surface area contributed by atoms with Crippen molar-refractivity contribution in [2.24, 2.45) is 5.10 Å². The van der Waals surface area contributed by atoms with Crippen molar-refractivity contribution in [2.45, 2.75) is 11.8 Å². The highest BCUT2D eigenvalue weighted by atomic mass is 79.9. The van der Waals surface area contributed by atoms with Gasteiger partial charge in [0.2, 0.25) is 0 Å². The Morgan fingerprint density at radius 1 is 1.06 bits per heavy atom. The lowest BCUT2D eigenvalue weighted by Crippen LogP contribution is -2.39. The number of methoxy groups -OCH3 is 2. The summed E-state index contributed by atoms with van der Waals surface area (Å²) >= 11 is 3.35. The molecule has 0 aliphatic rings. The second-order valence-corrected chi connectivity index (χ2v) is 9.98. The molecule has 0 spiro atoms. The number of halogens is 1. The van der Waals surface area contributed by atoms with E-state index in [-0.39, 0.29) is 4.90 Å². The van der Waals surface area contributed by atoms with Crippen LogP contribution in [0.25, 0.3) is 0 Å². The van der Waals surface area contributed by atoms with Crippen molar-refractivity contribution in [3.8, 4) is 11.5 Å². The van der Waals surface area contributed by atoms with Gasteiger partial charge in [0.1, 0.15) is 18.0 Å². The SMILES string of the molecule is COc1ccc(OC)c(/C=N\NC(=O)CN(c2cccc(Br)c2)S(=O)(=O)c2ccc(C)cc2)c1. The zero-order valence-electron chi connectivity index (χ0n) is 18.9. The van der Waals surface area contributed by atoms with Gasteiger partial charge in [0.25, 0.3) is 15.9 Å². The minimum atomic E-state index is -4.02. The molecule has 0 saturated carbocycles. The number of benzene rings is 3. The molecule has 0 radical (unpaired) electrons. The van der Waals surface area contributed by atoms with Gasteiger partial charge < -0.3 is 9.47 Å². The summed E-state index contributed by atoms with van der Waals surface area (Å²) in [5.74, 6) is 0.517. The molecule has 0 heterocycles. The van der Waals surface area contributed by atoms with Crippen LogP contribution < -0.4 is 19.2 Å². The summed E-state index contributed by atoms with van der Waals surface area (Å²) in [6.45, 7) is 1.39. The molecule has 1 amide bonds. The molecule has 1 N–H and O–H groups in total. The van der Waals surface area contributed by atoms with E-state index < -0.39 is 22.5 Å². The number of hydrogen-bond acceptors (Lipinski definition) is 6. The normalized spacial score (nSPS) is 11.3. The van der Waals surface area contributed by atoms with Gasteiger partial charge in [0.05, 0.1) is 31.0 Å². The van der Waals surface area contributed by atoms with Gasteiger partial charge in [-0.05, 0) is 55.5 Å². The first-order chi connectivity index (χ1) is 16.2. The first kappa shape index (κ1) is 25.3. The zero-order valence-corrected chi connectivity index (χ0v) is 21.3. The second kappa shape index (κ2) is 11.2. The van der Waals surface area contributed by atoms with Gasteiger partial charge in [0, 0.05) is 10.0 Å². The average Bonchev–Trinajstić information content (AvgIpc) is 2.82. The summed E-state index contributed by atoms with van der Waals surface area (Å²) < 4.78 is 39.0. The van der Waals surface area contributed by atoms with Crippen molar-refractivity contribution >= 4 is 43.8 Å². The summed E-state index contributed by atoms with van der Waals surface area (Å²) in [5.41, 5.74) is 4.23. The van der Waals surface area contributed by atoms with Gasteiger partial charge in [-0.25, -0.2) is 13.8 Å². The van der Waals surface area contributed by atoms with Crippen molar-refractivity contribution in [2.75, 3.05) is 25.1 Å². The molecular formula is C24H24BrN3O5S. The Kier molecular flexibility index (Phi) is 8.30. The maximum absolute atomic E-state index is 13.4. The number of ether oxygens (including phenoxy) is 2. The van der Waals surface area contributed by atoms with E-state index in [0.29, 0.717) is 27.2 Å². The van der Waals surface area contributed by atoms with Crippen LogP contribution in [0.3, 0.4) is 0 Å². The summed E-state index contributed by atoms with van der Waals surface area (Å²) in [6, 6.07) is 18.3. The smallest absolute Gasteiger partial charge is 0.264 e. The van der Waals surface area contributed by atoms with Crippen LogP contribution in [0, 0.1) is 6.92 Å². The van der Waals surface area contributed by atoms with E-state index in [1.165, 1.54) is 32.6 Å². The van der Waals surface area contributed by atoms with Crippen LogP contribution in [-0.4, -0.2) is 41.3 Å². The number of hydrazone groups is 1. The lowest BCUT2D eigenvalue weighted by atomic mass is 10.2. The number of rotatable bonds is 9. The van der Waals surface area contributed by atoms with Crippen LogP contribution in [0.4, 0.5) is 5.69 Å². The van der Waals surface area contributed by atoms with Crippen LogP contribution in [0.1, 0.15) is 11.1 Å². The number of aryl methyl sites for hydroxylation is 1. The van der Waals surface area contributed by atoms with Crippen molar-refractivity contribution in [1.82, 2.24) is 5.43 Å². The van der Waals surface area contributed by atoms with Crippen LogP contribution in [-0.2, 0) is 14.8 Å². The number of nitrogens with one attached hydrogen (secondary N) is 1. The minimum absolute atomic E-state index is 0.0792. The fourth-order valence-electron chi connectivity index (χ4n) is 3.06. The van der Waals surface area contributed by atoms with Crippen molar-refractivity contribution in [3.63, 3.8) is 0 Å². The predicted octanol–water partition coefficient (Wildman–Crippen LogP) is 4.12. The third kappa shape index (κ3) is 6.15. The largest absolute Gasteiger partial charge is 0.497 e. The standard InChI is InChI=1S/C24H24BrN3O5S/c1-17-7-10-22(11-8-17)34(30,31)28(20-6-4-5-19(25)14-20)16-24(29)27-26-15-18-13-21(32-2)9-12-23(18)33-3/h4-15H,16H2,1-3H3,(H,27,29)/b26-15-. The Bertz CT molecular complexity index is 1290. The van der Waals surface area contributed by atoms with E-state index in [9.17, 15) is 13.2 Å². The monoisotopic (exact) mass is 545 g/mol. The van der Waals surface area contributed by atoms with Crippen LogP contribution in [0.5, 0.6) is 11.5 Å². The fraction of sp³-hybridized carbons (Fsp3) is 0.167. The first-order valence-corrected chi connectivity index (χ1v) is 12.4. The molecule has 8 nitrogen and oxygen atoms in total. The van der Waals surface area contributed by atoms with E-state index >= 15 is 0 Å². The molecule has 178 valence electrons. The minimum Gasteiger partial charge on any atom is -0.497 e. The average molecular weight is 546 g/mol. The van der Waals surface area contributed by atoms with Gasteiger partial charge in [-0.2, -0.15) is 5.10 Å². The number of carbonyl (C=O) groups excluding carboxylic acids is 1. The molecular weight excluding hydrogens is 522 g/mol. The molecule has 0 aromatic heterocycles. The number of hydrogen-bond donors (Lipinski definition) is 1. The topological polar surface area (TPSA) is 97.3 Å². The predicted molar refractivity (Wildman–Crippen MR) is 135 cm³/mol. The van der Waals surface area contributed by atoms with Crippen molar-refractivity contribution in [3.05, 3.63) is 82.3 Å². The summed E-state index contributed by atoms with van der Waals surface area (Å²) in [4.78, 5) is 12.8. The van der Waals surface area contributed by atoms with Crippen molar-refractivity contribution in [1.29, 1.82) is 0 Å². The number of amides is 1. The molecule has 34 heavy (non-hydrogen) atoms. The Hall–Kier alpha value is -3.37. The van der Waals surface area contributed by atoms with Gasteiger partial charge >= 0.3 is 0 Å². The number of anilines is 1. The molecule has 10 heteroatoms. The maximum Gasteiger partial charge on any atom is 0.264 e. The van der Waals surface area contributed by atoms with Crippen LogP contribution in [0.2, 0.25) is 0 Å². The summed E-state index contributed by atoms with van der Waals surface area (Å²) in [7, 11) is -0.962. The van der Waals surface area contributed by atoms with E-state index in [4.69, 9.17) is 9.47 Å². The van der Waals surface area contributed by atoms with E-state index in [1.807, 2.05) is 6.92 Å². The number of sulfonamides is 1. The van der Waals surface area contributed by atoms with Gasteiger partial charge in [-0.3, -0.25) is 9.10 Å². The van der Waals surface area contributed by atoms with E-state index in [0.717, 1.165) is 9.87 Å². The molecule has 0 aliphatic carbocycles. The highest BCUT2D eigenvalue weighted by Crippen LogP contribution is 2.26. The highest BCUT2D eigenvalue weighted by Gasteiger charge is 2.27. The molecule has 0 unspecified atom stereocenters. The third-order valence-electron chi connectivity index (χ3n) is 4.82. The van der Waals surface area contributed by atoms with Crippen LogP contribution >= 0.6 is 15.9 Å². The third-order valence-corrected chi connectivity index (χ3v) is 7.10. The Morgan fingerprint density at radius 2 is 1.79 bits per heavy atom. The van der Waals surface area contributed by atoms with Crippen LogP contribution in [0.15, 0.2) is 81.2 Å². The second-order valence-electron chi connectivity index (χ2n) is 7.21. The fourth-order valence-corrected chi connectivity index (χ4v) is 4.86. The number of nitrogens with zero attached hydrogens (tertiary/aromatic N) is 2. The molecule has 3 aromatic carbocycles. The first-order valence-electron chi connectivity index (χ1n) is 10.1. The molecule has 0 atom stereocenters.